The lowest BCUT2D eigenvalue weighted by atomic mass is 9.98. The van der Waals surface area contributed by atoms with Gasteiger partial charge in [-0.3, -0.25) is 4.79 Å². The van der Waals surface area contributed by atoms with Crippen LogP contribution in [0.1, 0.15) is 31.7 Å². The van der Waals surface area contributed by atoms with Crippen molar-refractivity contribution < 1.29 is 9.53 Å². The minimum Gasteiger partial charge on any atom is -0.483 e. The molecule has 1 atom stereocenters. The van der Waals surface area contributed by atoms with Gasteiger partial charge in [-0.25, -0.2) is 4.98 Å². The first-order chi connectivity index (χ1) is 11.1. The van der Waals surface area contributed by atoms with Crippen LogP contribution in [0, 0.1) is 0 Å². The number of thioether (sulfide) groups is 1. The van der Waals surface area contributed by atoms with Gasteiger partial charge in [0.05, 0.1) is 16.9 Å². The van der Waals surface area contributed by atoms with Crippen LogP contribution in [0.25, 0.3) is 0 Å². The van der Waals surface area contributed by atoms with E-state index in [1.807, 2.05) is 42.7 Å². The first-order valence-electron chi connectivity index (χ1n) is 7.65. The van der Waals surface area contributed by atoms with Gasteiger partial charge in [0.2, 0.25) is 0 Å². The van der Waals surface area contributed by atoms with Crippen molar-refractivity contribution in [1.29, 1.82) is 0 Å². The number of carbonyl (C=O) groups excluding carboxylic acids is 1. The molecule has 5 heteroatoms. The number of carbonyl (C=O) groups is 1. The Morgan fingerprint density at radius 3 is 2.74 bits per heavy atom. The zero-order valence-corrected chi connectivity index (χ0v) is 14.5. The fraction of sp³-hybridized carbons (Fsp3) is 0.333. The van der Waals surface area contributed by atoms with E-state index in [2.05, 4.69) is 24.1 Å². The van der Waals surface area contributed by atoms with Crippen LogP contribution in [0.4, 0.5) is 5.69 Å². The normalized spacial score (nSPS) is 11.8. The second kappa shape index (κ2) is 8.58. The zero-order chi connectivity index (χ0) is 16.7. The number of nitrogens with one attached hydrogen (secondary N) is 1. The quantitative estimate of drug-likeness (QED) is 0.768. The Labute approximate surface area is 141 Å². The molecule has 1 N–H and O–H groups in total. The molecule has 0 aliphatic rings. The zero-order valence-electron chi connectivity index (χ0n) is 13.7. The van der Waals surface area contributed by atoms with E-state index in [0.29, 0.717) is 11.6 Å². The topological polar surface area (TPSA) is 51.2 Å². The minimum atomic E-state index is -0.192. The number of hydrogen-bond donors (Lipinski definition) is 1. The third-order valence-corrected chi connectivity index (χ3v) is 4.31. The molecular formula is C18H22N2O2S. The predicted molar refractivity (Wildman–Crippen MR) is 95.3 cm³/mol. The van der Waals surface area contributed by atoms with Crippen LogP contribution in [0.15, 0.2) is 47.6 Å². The van der Waals surface area contributed by atoms with Crippen LogP contribution in [0.3, 0.4) is 0 Å². The smallest absolute Gasteiger partial charge is 0.262 e. The van der Waals surface area contributed by atoms with Crippen LogP contribution >= 0.6 is 11.8 Å². The number of anilines is 1. The molecule has 0 aliphatic carbocycles. The summed E-state index contributed by atoms with van der Waals surface area (Å²) in [6, 6.07) is 11.6. The maximum Gasteiger partial charge on any atom is 0.262 e. The van der Waals surface area contributed by atoms with Crippen LogP contribution in [0.5, 0.6) is 5.75 Å². The molecule has 1 unspecified atom stereocenters. The van der Waals surface area contributed by atoms with Gasteiger partial charge >= 0.3 is 0 Å². The third-order valence-electron chi connectivity index (χ3n) is 3.65. The number of para-hydroxylation sites is 1. The van der Waals surface area contributed by atoms with Crippen molar-refractivity contribution in [3.8, 4) is 5.75 Å². The Morgan fingerprint density at radius 2 is 2.09 bits per heavy atom. The third kappa shape index (κ3) is 4.99. The van der Waals surface area contributed by atoms with Crippen molar-refractivity contribution in [2.75, 3.05) is 18.2 Å². The molecule has 0 spiro atoms. The number of aromatic nitrogens is 1. The lowest BCUT2D eigenvalue weighted by Gasteiger charge is -2.15. The molecule has 1 amide bonds. The molecule has 2 rings (SSSR count). The fourth-order valence-corrected chi connectivity index (χ4v) is 2.52. The monoisotopic (exact) mass is 330 g/mol. The van der Waals surface area contributed by atoms with Gasteiger partial charge in [-0.2, -0.15) is 0 Å². The summed E-state index contributed by atoms with van der Waals surface area (Å²) in [6.45, 7) is 4.28. The molecule has 0 radical (unpaired) electrons. The predicted octanol–water partition coefficient (Wildman–Crippen LogP) is 4.33. The summed E-state index contributed by atoms with van der Waals surface area (Å²) < 4.78 is 5.70. The Hall–Kier alpha value is -2.01. The van der Waals surface area contributed by atoms with E-state index < -0.39 is 0 Å². The molecule has 0 saturated carbocycles. The summed E-state index contributed by atoms with van der Waals surface area (Å²) in [4.78, 5) is 16.2. The SMILES string of the molecule is CCC(C)c1ccccc1OCC(=O)Nc1ccc(SC)nc1. The number of nitrogens with zero attached hydrogens (tertiary/aromatic N) is 1. The van der Waals surface area contributed by atoms with Crippen LogP contribution in [-0.4, -0.2) is 23.8 Å². The summed E-state index contributed by atoms with van der Waals surface area (Å²) in [6.07, 6.45) is 4.64. The Balaban J connectivity index is 1.94. The fourth-order valence-electron chi connectivity index (χ4n) is 2.15. The highest BCUT2D eigenvalue weighted by Gasteiger charge is 2.11. The van der Waals surface area contributed by atoms with Gasteiger partial charge in [0.1, 0.15) is 5.75 Å². The van der Waals surface area contributed by atoms with Crippen LogP contribution in [-0.2, 0) is 4.79 Å². The highest BCUT2D eigenvalue weighted by atomic mass is 32.2. The van der Waals surface area contributed by atoms with E-state index in [9.17, 15) is 4.79 Å². The van der Waals surface area contributed by atoms with E-state index in [-0.39, 0.29) is 12.5 Å². The van der Waals surface area contributed by atoms with E-state index in [1.165, 1.54) is 0 Å². The molecule has 0 saturated heterocycles. The highest BCUT2D eigenvalue weighted by Crippen LogP contribution is 2.28. The van der Waals surface area contributed by atoms with Crippen molar-refractivity contribution in [2.45, 2.75) is 31.2 Å². The summed E-state index contributed by atoms with van der Waals surface area (Å²) in [5, 5.41) is 3.71. The van der Waals surface area contributed by atoms with E-state index in [1.54, 1.807) is 18.0 Å². The molecule has 0 aliphatic heterocycles. The average molecular weight is 330 g/mol. The van der Waals surface area contributed by atoms with Crippen molar-refractivity contribution in [3.63, 3.8) is 0 Å². The second-order valence-electron chi connectivity index (χ2n) is 5.27. The first-order valence-corrected chi connectivity index (χ1v) is 8.88. The Kier molecular flexibility index (Phi) is 6.47. The maximum atomic E-state index is 12.0. The first kappa shape index (κ1) is 17.3. The Morgan fingerprint density at radius 1 is 1.30 bits per heavy atom. The number of ether oxygens (including phenoxy) is 1. The van der Waals surface area contributed by atoms with Crippen molar-refractivity contribution in [2.24, 2.45) is 0 Å². The molecule has 0 fully saturated rings. The van der Waals surface area contributed by atoms with Gasteiger partial charge in [0, 0.05) is 0 Å². The van der Waals surface area contributed by atoms with E-state index >= 15 is 0 Å². The molecule has 1 heterocycles. The molecule has 4 nitrogen and oxygen atoms in total. The molecule has 1 aromatic carbocycles. The highest BCUT2D eigenvalue weighted by molar-refractivity contribution is 7.98. The maximum absolute atomic E-state index is 12.0. The second-order valence-corrected chi connectivity index (χ2v) is 6.10. The van der Waals surface area contributed by atoms with Gasteiger partial charge < -0.3 is 10.1 Å². The van der Waals surface area contributed by atoms with Gasteiger partial charge in [0.15, 0.2) is 6.61 Å². The van der Waals surface area contributed by atoms with E-state index in [4.69, 9.17) is 4.74 Å². The van der Waals surface area contributed by atoms with Crippen molar-refractivity contribution in [3.05, 3.63) is 48.2 Å². The minimum absolute atomic E-state index is 0.0161. The van der Waals surface area contributed by atoms with Gasteiger partial charge in [0.25, 0.3) is 5.91 Å². The summed E-state index contributed by atoms with van der Waals surface area (Å²) in [5.74, 6) is 0.980. The Bertz CT molecular complexity index is 644. The van der Waals surface area contributed by atoms with Crippen molar-refractivity contribution >= 4 is 23.4 Å². The van der Waals surface area contributed by atoms with Gasteiger partial charge in [-0.15, -0.1) is 11.8 Å². The van der Waals surface area contributed by atoms with E-state index in [0.717, 1.165) is 22.8 Å². The molecule has 2 aromatic rings. The number of hydrogen-bond acceptors (Lipinski definition) is 4. The van der Waals surface area contributed by atoms with Gasteiger partial charge in [-0.1, -0.05) is 32.0 Å². The summed E-state index contributed by atoms with van der Waals surface area (Å²) in [7, 11) is 0. The van der Waals surface area contributed by atoms with Gasteiger partial charge in [-0.05, 0) is 42.4 Å². The lowest BCUT2D eigenvalue weighted by Crippen LogP contribution is -2.20. The molecular weight excluding hydrogens is 308 g/mol. The average Bonchev–Trinajstić information content (AvgIpc) is 2.60. The number of rotatable bonds is 7. The molecule has 1 aromatic heterocycles. The largest absolute Gasteiger partial charge is 0.483 e. The number of benzene rings is 1. The summed E-state index contributed by atoms with van der Waals surface area (Å²) in [5.41, 5.74) is 1.81. The van der Waals surface area contributed by atoms with Crippen LogP contribution in [0.2, 0.25) is 0 Å². The molecule has 122 valence electrons. The number of amides is 1. The standard InChI is InChI=1S/C18H22N2O2S/c1-4-13(2)15-7-5-6-8-16(15)22-12-17(21)20-14-9-10-18(23-3)19-11-14/h5-11,13H,4,12H2,1-3H3,(H,20,21). The van der Waals surface area contributed by atoms with Crippen LogP contribution < -0.4 is 10.1 Å². The lowest BCUT2D eigenvalue weighted by molar-refractivity contribution is -0.118. The van der Waals surface area contributed by atoms with Crippen molar-refractivity contribution in [1.82, 2.24) is 4.98 Å². The number of pyridine rings is 1. The molecule has 0 bridgehead atoms. The summed E-state index contributed by atoms with van der Waals surface area (Å²) >= 11 is 1.56. The molecule has 23 heavy (non-hydrogen) atoms.